The second-order valence-corrected chi connectivity index (χ2v) is 6.54. The minimum absolute atomic E-state index is 0.324. The van der Waals surface area contributed by atoms with Crippen molar-refractivity contribution in [1.29, 1.82) is 0 Å². The Morgan fingerprint density at radius 3 is 2.33 bits per heavy atom. The quantitative estimate of drug-likeness (QED) is 0.628. The molecule has 27 heavy (non-hydrogen) atoms. The van der Waals surface area contributed by atoms with Crippen molar-refractivity contribution in [3.05, 3.63) is 53.1 Å². The lowest BCUT2D eigenvalue weighted by Crippen LogP contribution is -2.18. The molecule has 0 aromatic heterocycles. The zero-order chi connectivity index (χ0) is 19.2. The van der Waals surface area contributed by atoms with Gasteiger partial charge in [-0.15, -0.1) is 0 Å². The number of rotatable bonds is 6. The monoisotopic (exact) mass is 367 g/mol. The van der Waals surface area contributed by atoms with Crippen LogP contribution in [0.15, 0.2) is 41.5 Å². The maximum absolute atomic E-state index is 12.3. The molecule has 2 aromatic carbocycles. The van der Waals surface area contributed by atoms with Crippen molar-refractivity contribution in [3.8, 4) is 11.5 Å². The summed E-state index contributed by atoms with van der Waals surface area (Å²) in [6.07, 6.45) is 4.17. The summed E-state index contributed by atoms with van der Waals surface area (Å²) in [5.74, 6) is 0.781. The molecule has 0 saturated carbocycles. The van der Waals surface area contributed by atoms with Crippen LogP contribution in [0.25, 0.3) is 0 Å². The van der Waals surface area contributed by atoms with Crippen LogP contribution in [0.4, 0.5) is 5.69 Å². The molecular formula is C21H25N3O3. The average molecular weight is 367 g/mol. The van der Waals surface area contributed by atoms with E-state index in [1.54, 1.807) is 38.6 Å². The number of hydrogen-bond donors (Lipinski definition) is 1. The molecule has 1 aliphatic heterocycles. The van der Waals surface area contributed by atoms with Crippen molar-refractivity contribution < 1.29 is 14.3 Å². The third-order valence-electron chi connectivity index (χ3n) is 4.71. The van der Waals surface area contributed by atoms with Crippen molar-refractivity contribution in [1.82, 2.24) is 5.43 Å². The van der Waals surface area contributed by atoms with Crippen molar-refractivity contribution in [3.63, 3.8) is 0 Å². The number of methoxy groups -OCH3 is 2. The molecule has 3 rings (SSSR count). The zero-order valence-electron chi connectivity index (χ0n) is 16.0. The van der Waals surface area contributed by atoms with E-state index < -0.39 is 0 Å². The molecule has 1 amide bonds. The molecule has 1 aliphatic rings. The Balaban J connectivity index is 1.67. The number of nitrogens with one attached hydrogen (secondary N) is 1. The predicted octanol–water partition coefficient (Wildman–Crippen LogP) is 3.38. The van der Waals surface area contributed by atoms with E-state index >= 15 is 0 Å². The Morgan fingerprint density at radius 2 is 1.74 bits per heavy atom. The highest BCUT2D eigenvalue weighted by molar-refractivity contribution is 5.95. The van der Waals surface area contributed by atoms with Gasteiger partial charge in [0.25, 0.3) is 5.91 Å². The van der Waals surface area contributed by atoms with Crippen LogP contribution in [0, 0.1) is 6.92 Å². The van der Waals surface area contributed by atoms with Crippen molar-refractivity contribution in [2.45, 2.75) is 19.8 Å². The van der Waals surface area contributed by atoms with Crippen molar-refractivity contribution >= 4 is 17.8 Å². The number of anilines is 1. The number of aryl methyl sites for hydroxylation is 1. The number of carbonyl (C=O) groups excluding carboxylic acids is 1. The first-order valence-electron chi connectivity index (χ1n) is 9.03. The number of nitrogens with zero attached hydrogens (tertiary/aromatic N) is 2. The van der Waals surface area contributed by atoms with E-state index in [9.17, 15) is 4.79 Å². The lowest BCUT2D eigenvalue weighted by atomic mass is 10.1. The van der Waals surface area contributed by atoms with Gasteiger partial charge in [-0.3, -0.25) is 4.79 Å². The maximum atomic E-state index is 12.3. The van der Waals surface area contributed by atoms with E-state index in [2.05, 4.69) is 34.5 Å². The average Bonchev–Trinajstić information content (AvgIpc) is 3.23. The van der Waals surface area contributed by atoms with Gasteiger partial charge in [-0.1, -0.05) is 6.07 Å². The van der Waals surface area contributed by atoms with E-state index in [0.29, 0.717) is 17.1 Å². The summed E-state index contributed by atoms with van der Waals surface area (Å²) in [6.45, 7) is 4.29. The second kappa shape index (κ2) is 8.58. The molecule has 6 heteroatoms. The normalized spacial score (nSPS) is 13.8. The van der Waals surface area contributed by atoms with Crippen LogP contribution in [0.1, 0.15) is 34.3 Å². The van der Waals surface area contributed by atoms with Gasteiger partial charge in [0.05, 0.1) is 20.4 Å². The Bertz CT molecular complexity index is 820. The zero-order valence-corrected chi connectivity index (χ0v) is 16.0. The summed E-state index contributed by atoms with van der Waals surface area (Å²) in [5.41, 5.74) is 6.32. The molecule has 0 bridgehead atoms. The maximum Gasteiger partial charge on any atom is 0.271 e. The Morgan fingerprint density at radius 1 is 1.07 bits per heavy atom. The molecule has 6 nitrogen and oxygen atoms in total. The summed E-state index contributed by atoms with van der Waals surface area (Å²) in [4.78, 5) is 14.7. The van der Waals surface area contributed by atoms with Gasteiger partial charge < -0.3 is 14.4 Å². The number of hydrazone groups is 1. The Kier molecular flexibility index (Phi) is 5.96. The second-order valence-electron chi connectivity index (χ2n) is 6.54. The van der Waals surface area contributed by atoms with Crippen molar-refractivity contribution in [2.24, 2.45) is 5.10 Å². The molecule has 0 aliphatic carbocycles. The van der Waals surface area contributed by atoms with Gasteiger partial charge in [0.1, 0.15) is 11.5 Å². The number of ether oxygens (including phenoxy) is 2. The lowest BCUT2D eigenvalue weighted by Gasteiger charge is -2.18. The van der Waals surface area contributed by atoms with Crippen LogP contribution >= 0.6 is 0 Å². The molecule has 0 radical (unpaired) electrons. The number of amides is 1. The molecular weight excluding hydrogens is 342 g/mol. The number of carbonyl (C=O) groups is 1. The van der Waals surface area contributed by atoms with Gasteiger partial charge in [0.15, 0.2) is 0 Å². The lowest BCUT2D eigenvalue weighted by molar-refractivity contribution is 0.0954. The molecule has 1 heterocycles. The summed E-state index contributed by atoms with van der Waals surface area (Å²) in [5, 5.41) is 4.10. The third-order valence-corrected chi connectivity index (χ3v) is 4.71. The van der Waals surface area contributed by atoms with Crippen LogP contribution in [0.3, 0.4) is 0 Å². The van der Waals surface area contributed by atoms with Gasteiger partial charge in [-0.25, -0.2) is 5.43 Å². The molecule has 1 saturated heterocycles. The van der Waals surface area contributed by atoms with Gasteiger partial charge in [-0.2, -0.15) is 5.10 Å². The predicted molar refractivity (Wildman–Crippen MR) is 107 cm³/mol. The Hall–Kier alpha value is -3.02. The standard InChI is InChI=1S/C21H25N3O3/c1-15-10-18(24-8-4-5-9-24)7-6-16(15)14-22-23-21(25)17-11-19(26-2)13-20(12-17)27-3/h6-7,10-14H,4-5,8-9H2,1-3H3,(H,23,25)/b22-14+. The fourth-order valence-electron chi connectivity index (χ4n) is 3.14. The summed E-state index contributed by atoms with van der Waals surface area (Å²) < 4.78 is 10.4. The molecule has 1 N–H and O–H groups in total. The van der Waals surface area contributed by atoms with E-state index in [1.165, 1.54) is 18.5 Å². The Labute approximate surface area is 159 Å². The first-order valence-corrected chi connectivity index (χ1v) is 9.03. The third kappa shape index (κ3) is 4.58. The first kappa shape index (κ1) is 18.8. The van der Waals surface area contributed by atoms with Gasteiger partial charge in [0.2, 0.25) is 0 Å². The summed E-state index contributed by atoms with van der Waals surface area (Å²) in [6, 6.07) is 11.3. The molecule has 142 valence electrons. The van der Waals surface area contributed by atoms with Crippen molar-refractivity contribution in [2.75, 3.05) is 32.2 Å². The summed E-state index contributed by atoms with van der Waals surface area (Å²) >= 11 is 0. The number of benzene rings is 2. The highest BCUT2D eigenvalue weighted by Crippen LogP contribution is 2.23. The molecule has 1 fully saturated rings. The topological polar surface area (TPSA) is 63.2 Å². The van der Waals surface area contributed by atoms with E-state index in [-0.39, 0.29) is 5.91 Å². The van der Waals surface area contributed by atoms with Gasteiger partial charge in [0, 0.05) is 30.4 Å². The fraction of sp³-hybridized carbons (Fsp3) is 0.333. The van der Waals surface area contributed by atoms with Crippen LogP contribution in [0.5, 0.6) is 11.5 Å². The molecule has 0 spiro atoms. The van der Waals surface area contributed by atoms with E-state index in [0.717, 1.165) is 24.2 Å². The molecule has 0 unspecified atom stereocenters. The number of hydrogen-bond acceptors (Lipinski definition) is 5. The largest absolute Gasteiger partial charge is 0.497 e. The first-order chi connectivity index (χ1) is 13.1. The fourth-order valence-corrected chi connectivity index (χ4v) is 3.14. The molecule has 2 aromatic rings. The minimum atomic E-state index is -0.324. The SMILES string of the molecule is COc1cc(OC)cc(C(=O)N/N=C/c2ccc(N3CCCC3)cc2C)c1. The van der Waals surface area contributed by atoms with Crippen LogP contribution in [-0.2, 0) is 0 Å². The smallest absolute Gasteiger partial charge is 0.271 e. The van der Waals surface area contributed by atoms with Gasteiger partial charge in [-0.05, 0) is 55.2 Å². The van der Waals surface area contributed by atoms with E-state index in [1.807, 2.05) is 6.07 Å². The summed E-state index contributed by atoms with van der Waals surface area (Å²) in [7, 11) is 3.09. The minimum Gasteiger partial charge on any atom is -0.497 e. The van der Waals surface area contributed by atoms with Crippen LogP contribution < -0.4 is 19.8 Å². The van der Waals surface area contributed by atoms with E-state index in [4.69, 9.17) is 9.47 Å². The highest BCUT2D eigenvalue weighted by Gasteiger charge is 2.13. The van der Waals surface area contributed by atoms with Crippen LogP contribution in [-0.4, -0.2) is 39.4 Å². The van der Waals surface area contributed by atoms with Crippen LogP contribution in [0.2, 0.25) is 0 Å². The van der Waals surface area contributed by atoms with Gasteiger partial charge >= 0.3 is 0 Å². The highest BCUT2D eigenvalue weighted by atomic mass is 16.5. The molecule has 0 atom stereocenters.